The Morgan fingerprint density at radius 1 is 1.00 bits per heavy atom. The zero-order valence-corrected chi connectivity index (χ0v) is 13.8. The van der Waals surface area contributed by atoms with E-state index in [0.29, 0.717) is 6.04 Å². The van der Waals surface area contributed by atoms with Crippen molar-refractivity contribution in [3.8, 4) is 0 Å². The standard InChI is InChI=1S/C18H22BrN/c1-3-7-14-8-5-6-9-18(14)20-17(4-2)15-10-12-16(19)13-11-15/h5-6,8-13,17,20H,3-4,7H2,1-2H3. The van der Waals surface area contributed by atoms with Crippen molar-refractivity contribution < 1.29 is 0 Å². The fourth-order valence-corrected chi connectivity index (χ4v) is 2.72. The molecule has 0 saturated carbocycles. The average molecular weight is 332 g/mol. The van der Waals surface area contributed by atoms with E-state index in [0.717, 1.165) is 17.3 Å². The van der Waals surface area contributed by atoms with Gasteiger partial charge in [0.1, 0.15) is 0 Å². The lowest BCUT2D eigenvalue weighted by Gasteiger charge is -2.21. The van der Waals surface area contributed by atoms with Gasteiger partial charge in [0, 0.05) is 10.2 Å². The summed E-state index contributed by atoms with van der Waals surface area (Å²) in [5.74, 6) is 0. The third-order valence-corrected chi connectivity index (χ3v) is 4.08. The number of hydrogen-bond donors (Lipinski definition) is 1. The third kappa shape index (κ3) is 3.86. The molecule has 2 rings (SSSR count). The second-order valence-corrected chi connectivity index (χ2v) is 5.98. The van der Waals surface area contributed by atoms with Crippen molar-refractivity contribution in [2.24, 2.45) is 0 Å². The van der Waals surface area contributed by atoms with E-state index < -0.39 is 0 Å². The van der Waals surface area contributed by atoms with Gasteiger partial charge in [-0.25, -0.2) is 0 Å². The Morgan fingerprint density at radius 3 is 2.35 bits per heavy atom. The second-order valence-electron chi connectivity index (χ2n) is 5.06. The Morgan fingerprint density at radius 2 is 1.70 bits per heavy atom. The topological polar surface area (TPSA) is 12.0 Å². The predicted molar refractivity (Wildman–Crippen MR) is 91.2 cm³/mol. The molecule has 0 aliphatic carbocycles. The van der Waals surface area contributed by atoms with Crippen LogP contribution < -0.4 is 5.32 Å². The van der Waals surface area contributed by atoms with Crippen LogP contribution in [0.3, 0.4) is 0 Å². The maximum Gasteiger partial charge on any atom is 0.0511 e. The van der Waals surface area contributed by atoms with E-state index in [-0.39, 0.29) is 0 Å². The van der Waals surface area contributed by atoms with Gasteiger partial charge < -0.3 is 5.32 Å². The molecule has 1 atom stereocenters. The van der Waals surface area contributed by atoms with Crippen molar-refractivity contribution in [3.05, 3.63) is 64.1 Å². The van der Waals surface area contributed by atoms with E-state index in [1.54, 1.807) is 0 Å². The van der Waals surface area contributed by atoms with Crippen LogP contribution in [0.5, 0.6) is 0 Å². The van der Waals surface area contributed by atoms with Crippen LogP contribution in [-0.4, -0.2) is 0 Å². The highest BCUT2D eigenvalue weighted by atomic mass is 79.9. The number of para-hydroxylation sites is 1. The first-order valence-corrected chi connectivity index (χ1v) is 8.13. The molecule has 0 heterocycles. The normalized spacial score (nSPS) is 12.2. The molecule has 0 aliphatic heterocycles. The molecule has 1 unspecified atom stereocenters. The SMILES string of the molecule is CCCc1ccccc1NC(CC)c1ccc(Br)cc1. The maximum atomic E-state index is 3.70. The van der Waals surface area contributed by atoms with E-state index in [1.165, 1.54) is 23.2 Å². The van der Waals surface area contributed by atoms with Gasteiger partial charge in [-0.1, -0.05) is 66.5 Å². The van der Waals surface area contributed by atoms with Gasteiger partial charge in [0.25, 0.3) is 0 Å². The summed E-state index contributed by atoms with van der Waals surface area (Å²) in [6.07, 6.45) is 3.37. The van der Waals surface area contributed by atoms with Crippen LogP contribution in [0.2, 0.25) is 0 Å². The molecule has 0 amide bonds. The Balaban J connectivity index is 2.20. The molecule has 1 nitrogen and oxygen atoms in total. The van der Waals surface area contributed by atoms with Gasteiger partial charge in [-0.2, -0.15) is 0 Å². The quantitative estimate of drug-likeness (QED) is 0.688. The molecule has 0 radical (unpaired) electrons. The molecular formula is C18H22BrN. The Hall–Kier alpha value is -1.28. The van der Waals surface area contributed by atoms with Crippen LogP contribution in [0.1, 0.15) is 43.9 Å². The number of nitrogens with one attached hydrogen (secondary N) is 1. The van der Waals surface area contributed by atoms with Gasteiger partial charge in [0.2, 0.25) is 0 Å². The number of benzene rings is 2. The number of anilines is 1. The van der Waals surface area contributed by atoms with Crippen LogP contribution in [0, 0.1) is 0 Å². The summed E-state index contributed by atoms with van der Waals surface area (Å²) >= 11 is 3.50. The average Bonchev–Trinajstić information content (AvgIpc) is 2.48. The van der Waals surface area contributed by atoms with Crippen LogP contribution in [0.15, 0.2) is 53.0 Å². The molecule has 106 valence electrons. The van der Waals surface area contributed by atoms with E-state index >= 15 is 0 Å². The van der Waals surface area contributed by atoms with Gasteiger partial charge in [-0.3, -0.25) is 0 Å². The van der Waals surface area contributed by atoms with Gasteiger partial charge in [-0.15, -0.1) is 0 Å². The van der Waals surface area contributed by atoms with Crippen molar-refractivity contribution >= 4 is 21.6 Å². The van der Waals surface area contributed by atoms with Crippen molar-refractivity contribution in [2.45, 2.75) is 39.2 Å². The molecule has 0 saturated heterocycles. The third-order valence-electron chi connectivity index (χ3n) is 3.55. The lowest BCUT2D eigenvalue weighted by molar-refractivity contribution is 0.746. The molecule has 20 heavy (non-hydrogen) atoms. The molecule has 0 fully saturated rings. The lowest BCUT2D eigenvalue weighted by atomic mass is 10.0. The van der Waals surface area contributed by atoms with E-state index in [2.05, 4.69) is 83.6 Å². The minimum atomic E-state index is 0.362. The number of halogens is 1. The second kappa shape index (κ2) is 7.49. The fourth-order valence-electron chi connectivity index (χ4n) is 2.45. The first-order valence-electron chi connectivity index (χ1n) is 7.34. The summed E-state index contributed by atoms with van der Waals surface area (Å²) in [4.78, 5) is 0. The molecule has 2 aromatic carbocycles. The Bertz CT molecular complexity index is 533. The highest BCUT2D eigenvalue weighted by Crippen LogP contribution is 2.26. The molecule has 1 N–H and O–H groups in total. The molecule has 2 heteroatoms. The minimum Gasteiger partial charge on any atom is -0.378 e. The lowest BCUT2D eigenvalue weighted by Crippen LogP contribution is -2.11. The first-order chi connectivity index (χ1) is 9.74. The van der Waals surface area contributed by atoms with Crippen molar-refractivity contribution in [1.82, 2.24) is 0 Å². The van der Waals surface area contributed by atoms with Gasteiger partial charge >= 0.3 is 0 Å². The summed E-state index contributed by atoms with van der Waals surface area (Å²) in [6.45, 7) is 4.45. The summed E-state index contributed by atoms with van der Waals surface area (Å²) in [6, 6.07) is 17.6. The van der Waals surface area contributed by atoms with Crippen molar-refractivity contribution in [2.75, 3.05) is 5.32 Å². The van der Waals surface area contributed by atoms with Crippen LogP contribution in [-0.2, 0) is 6.42 Å². The molecule has 0 bridgehead atoms. The predicted octanol–water partition coefficient (Wildman–Crippen LogP) is 5.96. The monoisotopic (exact) mass is 331 g/mol. The number of rotatable bonds is 6. The van der Waals surface area contributed by atoms with E-state index in [4.69, 9.17) is 0 Å². The fraction of sp³-hybridized carbons (Fsp3) is 0.333. The van der Waals surface area contributed by atoms with Crippen LogP contribution in [0.4, 0.5) is 5.69 Å². The molecule has 0 spiro atoms. The van der Waals surface area contributed by atoms with Gasteiger partial charge in [-0.05, 0) is 42.2 Å². The van der Waals surface area contributed by atoms with E-state index in [1.807, 2.05) is 0 Å². The Labute approximate surface area is 130 Å². The van der Waals surface area contributed by atoms with Crippen LogP contribution >= 0.6 is 15.9 Å². The highest BCUT2D eigenvalue weighted by Gasteiger charge is 2.10. The molecule has 0 aromatic heterocycles. The summed E-state index contributed by atoms with van der Waals surface area (Å²) in [5, 5.41) is 3.70. The largest absolute Gasteiger partial charge is 0.378 e. The van der Waals surface area contributed by atoms with Gasteiger partial charge in [0.05, 0.1) is 6.04 Å². The van der Waals surface area contributed by atoms with Gasteiger partial charge in [0.15, 0.2) is 0 Å². The molecular weight excluding hydrogens is 310 g/mol. The summed E-state index contributed by atoms with van der Waals surface area (Å²) < 4.78 is 1.13. The number of hydrogen-bond acceptors (Lipinski definition) is 1. The van der Waals surface area contributed by atoms with E-state index in [9.17, 15) is 0 Å². The van der Waals surface area contributed by atoms with Crippen molar-refractivity contribution in [3.63, 3.8) is 0 Å². The Kier molecular flexibility index (Phi) is 5.66. The minimum absolute atomic E-state index is 0.362. The highest BCUT2D eigenvalue weighted by molar-refractivity contribution is 9.10. The zero-order chi connectivity index (χ0) is 14.4. The molecule has 0 aliphatic rings. The number of aryl methyl sites for hydroxylation is 1. The zero-order valence-electron chi connectivity index (χ0n) is 12.2. The maximum absolute atomic E-state index is 3.70. The molecule has 2 aromatic rings. The van der Waals surface area contributed by atoms with Crippen molar-refractivity contribution in [1.29, 1.82) is 0 Å². The summed E-state index contributed by atoms with van der Waals surface area (Å²) in [5.41, 5.74) is 4.01. The smallest absolute Gasteiger partial charge is 0.0511 e. The summed E-state index contributed by atoms with van der Waals surface area (Å²) in [7, 11) is 0. The van der Waals surface area contributed by atoms with Crippen LogP contribution in [0.25, 0.3) is 0 Å². The first kappa shape index (κ1) is 15.1.